The van der Waals surface area contributed by atoms with E-state index >= 15 is 0 Å². The molecule has 2 N–H and O–H groups in total. The average molecular weight is 175 g/mol. The number of hydrogen-bond acceptors (Lipinski definition) is 2. The second-order valence-electron chi connectivity index (χ2n) is 4.08. The fourth-order valence-corrected chi connectivity index (χ4v) is 2.77. The molecule has 3 rings (SSSR count). The Hall–Kier alpha value is -1.02. The molecule has 0 radical (unpaired) electrons. The number of benzene rings is 1. The highest BCUT2D eigenvalue weighted by atomic mass is 16.3. The molecule has 1 saturated heterocycles. The van der Waals surface area contributed by atoms with E-state index in [1.54, 1.807) is 6.07 Å². The standard InChI is InChI=1S/C11H13NO/c13-10-3-1-2-7-4-8-5-12-6-9(8)11(7)10/h1-3,8-9,12-13H,4-6H2. The molecule has 2 unspecified atom stereocenters. The largest absolute Gasteiger partial charge is 0.508 e. The number of aromatic hydroxyl groups is 1. The summed E-state index contributed by atoms with van der Waals surface area (Å²) in [6.45, 7) is 2.15. The van der Waals surface area contributed by atoms with Crippen LogP contribution >= 0.6 is 0 Å². The number of fused-ring (bicyclic) bond motifs is 3. The summed E-state index contributed by atoms with van der Waals surface area (Å²) in [6, 6.07) is 5.90. The summed E-state index contributed by atoms with van der Waals surface area (Å²) in [4.78, 5) is 0. The van der Waals surface area contributed by atoms with Gasteiger partial charge in [0.2, 0.25) is 0 Å². The minimum absolute atomic E-state index is 0.494. The second-order valence-corrected chi connectivity index (χ2v) is 4.08. The van der Waals surface area contributed by atoms with Crippen molar-refractivity contribution in [2.75, 3.05) is 13.1 Å². The zero-order chi connectivity index (χ0) is 8.84. The molecule has 2 nitrogen and oxygen atoms in total. The third-order valence-corrected chi connectivity index (χ3v) is 3.37. The molecule has 1 aliphatic heterocycles. The molecule has 68 valence electrons. The number of phenolic OH excluding ortho intramolecular Hbond substituents is 1. The van der Waals surface area contributed by atoms with Crippen LogP contribution in [0.25, 0.3) is 0 Å². The molecule has 0 saturated carbocycles. The minimum atomic E-state index is 0.494. The van der Waals surface area contributed by atoms with Crippen LogP contribution in [0.15, 0.2) is 18.2 Å². The lowest BCUT2D eigenvalue weighted by molar-refractivity contribution is 0.459. The Morgan fingerprint density at radius 1 is 1.31 bits per heavy atom. The Balaban J connectivity index is 2.14. The Labute approximate surface area is 77.6 Å². The van der Waals surface area contributed by atoms with Crippen LogP contribution in [-0.2, 0) is 6.42 Å². The van der Waals surface area contributed by atoms with Gasteiger partial charge in [0.05, 0.1) is 0 Å². The van der Waals surface area contributed by atoms with Crippen molar-refractivity contribution in [2.45, 2.75) is 12.3 Å². The summed E-state index contributed by atoms with van der Waals surface area (Å²) in [5.74, 6) is 1.79. The normalized spacial score (nSPS) is 30.2. The van der Waals surface area contributed by atoms with Gasteiger partial charge < -0.3 is 10.4 Å². The van der Waals surface area contributed by atoms with Crippen molar-refractivity contribution >= 4 is 0 Å². The smallest absolute Gasteiger partial charge is 0.119 e. The maximum atomic E-state index is 9.75. The molecule has 2 atom stereocenters. The predicted molar refractivity (Wildman–Crippen MR) is 50.9 cm³/mol. The van der Waals surface area contributed by atoms with Crippen LogP contribution in [-0.4, -0.2) is 18.2 Å². The molecule has 0 aromatic heterocycles. The monoisotopic (exact) mass is 175 g/mol. The zero-order valence-electron chi connectivity index (χ0n) is 7.46. The third kappa shape index (κ3) is 0.923. The van der Waals surface area contributed by atoms with E-state index in [9.17, 15) is 5.11 Å². The molecule has 0 amide bonds. The summed E-state index contributed by atoms with van der Waals surface area (Å²) in [7, 11) is 0. The highest BCUT2D eigenvalue weighted by Crippen LogP contribution is 2.43. The van der Waals surface area contributed by atoms with E-state index in [0.29, 0.717) is 11.7 Å². The van der Waals surface area contributed by atoms with Gasteiger partial charge in [0.1, 0.15) is 5.75 Å². The summed E-state index contributed by atoms with van der Waals surface area (Å²) in [5.41, 5.74) is 2.56. The van der Waals surface area contributed by atoms with Crippen molar-refractivity contribution in [3.63, 3.8) is 0 Å². The van der Waals surface area contributed by atoms with Gasteiger partial charge >= 0.3 is 0 Å². The quantitative estimate of drug-likeness (QED) is 0.622. The number of nitrogens with one attached hydrogen (secondary N) is 1. The lowest BCUT2D eigenvalue weighted by Crippen LogP contribution is -2.10. The first-order valence-corrected chi connectivity index (χ1v) is 4.88. The maximum Gasteiger partial charge on any atom is 0.119 e. The topological polar surface area (TPSA) is 32.3 Å². The van der Waals surface area contributed by atoms with Crippen LogP contribution in [0.4, 0.5) is 0 Å². The minimum Gasteiger partial charge on any atom is -0.508 e. The van der Waals surface area contributed by atoms with Crippen molar-refractivity contribution in [2.24, 2.45) is 5.92 Å². The first-order chi connectivity index (χ1) is 6.36. The molecule has 2 heteroatoms. The van der Waals surface area contributed by atoms with Gasteiger partial charge in [-0.15, -0.1) is 0 Å². The Kier molecular flexibility index (Phi) is 1.41. The fourth-order valence-electron chi connectivity index (χ4n) is 2.77. The van der Waals surface area contributed by atoms with Crippen LogP contribution in [0.1, 0.15) is 17.0 Å². The van der Waals surface area contributed by atoms with Crippen LogP contribution in [0.5, 0.6) is 5.75 Å². The Morgan fingerprint density at radius 3 is 3.15 bits per heavy atom. The first kappa shape index (κ1) is 7.39. The fraction of sp³-hybridized carbons (Fsp3) is 0.455. The molecule has 1 heterocycles. The van der Waals surface area contributed by atoms with E-state index in [4.69, 9.17) is 0 Å². The SMILES string of the molecule is Oc1cccc2c1C1CNCC1C2. The van der Waals surface area contributed by atoms with E-state index in [1.807, 2.05) is 6.07 Å². The van der Waals surface area contributed by atoms with E-state index in [0.717, 1.165) is 25.4 Å². The van der Waals surface area contributed by atoms with Gasteiger partial charge in [0.25, 0.3) is 0 Å². The summed E-state index contributed by atoms with van der Waals surface area (Å²) in [5, 5.41) is 13.1. The molecule has 2 aliphatic rings. The number of phenols is 1. The molecule has 1 aliphatic carbocycles. The van der Waals surface area contributed by atoms with Crippen molar-refractivity contribution in [1.29, 1.82) is 0 Å². The van der Waals surface area contributed by atoms with E-state index < -0.39 is 0 Å². The van der Waals surface area contributed by atoms with E-state index in [1.165, 1.54) is 11.1 Å². The Morgan fingerprint density at radius 2 is 2.23 bits per heavy atom. The van der Waals surface area contributed by atoms with E-state index in [-0.39, 0.29) is 0 Å². The third-order valence-electron chi connectivity index (χ3n) is 3.37. The van der Waals surface area contributed by atoms with Gasteiger partial charge in [-0.05, 0) is 30.5 Å². The van der Waals surface area contributed by atoms with Gasteiger partial charge in [0, 0.05) is 18.0 Å². The average Bonchev–Trinajstić information content (AvgIpc) is 2.62. The van der Waals surface area contributed by atoms with Crippen molar-refractivity contribution < 1.29 is 5.11 Å². The zero-order valence-corrected chi connectivity index (χ0v) is 7.46. The van der Waals surface area contributed by atoms with E-state index in [2.05, 4.69) is 11.4 Å². The molecular formula is C11H13NO. The molecule has 0 bridgehead atoms. The highest BCUT2D eigenvalue weighted by Gasteiger charge is 2.37. The first-order valence-electron chi connectivity index (χ1n) is 4.88. The highest BCUT2D eigenvalue weighted by molar-refractivity contribution is 5.47. The van der Waals surface area contributed by atoms with Crippen LogP contribution in [0.2, 0.25) is 0 Å². The maximum absolute atomic E-state index is 9.75. The lowest BCUT2D eigenvalue weighted by Gasteiger charge is -2.09. The Bertz CT molecular complexity index is 348. The van der Waals surface area contributed by atoms with Crippen molar-refractivity contribution in [3.8, 4) is 5.75 Å². The van der Waals surface area contributed by atoms with Crippen LogP contribution in [0, 0.1) is 5.92 Å². The molecule has 1 fully saturated rings. The molecule has 1 aromatic rings. The van der Waals surface area contributed by atoms with Gasteiger partial charge in [-0.25, -0.2) is 0 Å². The molecule has 0 spiro atoms. The van der Waals surface area contributed by atoms with Gasteiger partial charge in [-0.3, -0.25) is 0 Å². The van der Waals surface area contributed by atoms with Crippen molar-refractivity contribution in [1.82, 2.24) is 5.32 Å². The second kappa shape index (κ2) is 2.48. The molecular weight excluding hydrogens is 162 g/mol. The predicted octanol–water partition coefficient (Wildman–Crippen LogP) is 1.25. The molecule has 13 heavy (non-hydrogen) atoms. The van der Waals surface area contributed by atoms with Gasteiger partial charge in [-0.2, -0.15) is 0 Å². The summed E-state index contributed by atoms with van der Waals surface area (Å²) < 4.78 is 0. The van der Waals surface area contributed by atoms with Crippen LogP contribution in [0.3, 0.4) is 0 Å². The summed E-state index contributed by atoms with van der Waals surface area (Å²) in [6.07, 6.45) is 1.14. The van der Waals surface area contributed by atoms with Crippen LogP contribution < -0.4 is 5.32 Å². The summed E-state index contributed by atoms with van der Waals surface area (Å²) >= 11 is 0. The van der Waals surface area contributed by atoms with Gasteiger partial charge in [0.15, 0.2) is 0 Å². The number of rotatable bonds is 0. The molecule has 1 aromatic carbocycles. The number of hydrogen-bond donors (Lipinski definition) is 2. The lowest BCUT2D eigenvalue weighted by atomic mass is 9.96. The van der Waals surface area contributed by atoms with Crippen molar-refractivity contribution in [3.05, 3.63) is 29.3 Å². The van der Waals surface area contributed by atoms with Gasteiger partial charge in [-0.1, -0.05) is 12.1 Å².